The standard InChI is InChI=1S/C16H16O5Si/c1-13(18)20-22(21-16(19)12-17,14-8-4-2-5-9-14)15-10-6-3-7-11-15/h2-11,17H,12H2,1H3. The van der Waals surface area contributed by atoms with Crippen molar-refractivity contribution in [2.24, 2.45) is 0 Å². The molecule has 0 spiro atoms. The quantitative estimate of drug-likeness (QED) is 0.806. The van der Waals surface area contributed by atoms with Crippen LogP contribution in [0.1, 0.15) is 6.92 Å². The first-order valence-corrected chi connectivity index (χ1v) is 8.53. The fraction of sp³-hybridized carbons (Fsp3) is 0.125. The Bertz CT molecular complexity index is 603. The van der Waals surface area contributed by atoms with Gasteiger partial charge in [-0.15, -0.1) is 0 Å². The lowest BCUT2D eigenvalue weighted by molar-refractivity contribution is -0.141. The van der Waals surface area contributed by atoms with Gasteiger partial charge in [0.25, 0.3) is 5.97 Å². The third-order valence-electron chi connectivity index (χ3n) is 2.98. The minimum Gasteiger partial charge on any atom is -0.479 e. The molecule has 0 heterocycles. The molecule has 22 heavy (non-hydrogen) atoms. The molecule has 2 rings (SSSR count). The molecule has 5 nitrogen and oxygen atoms in total. The molecule has 0 amide bonds. The second-order valence-electron chi connectivity index (χ2n) is 4.57. The van der Waals surface area contributed by atoms with E-state index in [-0.39, 0.29) is 0 Å². The molecule has 0 aliphatic heterocycles. The van der Waals surface area contributed by atoms with Gasteiger partial charge in [-0.25, -0.2) is 0 Å². The van der Waals surface area contributed by atoms with Crippen LogP contribution in [-0.2, 0) is 18.4 Å². The van der Waals surface area contributed by atoms with Crippen molar-refractivity contribution in [2.45, 2.75) is 6.92 Å². The van der Waals surface area contributed by atoms with Gasteiger partial charge in [0, 0.05) is 17.3 Å². The van der Waals surface area contributed by atoms with Gasteiger partial charge in [0.1, 0.15) is 6.61 Å². The monoisotopic (exact) mass is 316 g/mol. The third kappa shape index (κ3) is 3.41. The Balaban J connectivity index is 2.63. The first kappa shape index (κ1) is 15.9. The molecule has 0 saturated carbocycles. The molecule has 0 radical (unpaired) electrons. The summed E-state index contributed by atoms with van der Waals surface area (Å²) in [6.45, 7) is 0.482. The molecular formula is C16H16O5Si. The number of carbonyl (C=O) groups excluding carboxylic acids is 2. The summed E-state index contributed by atoms with van der Waals surface area (Å²) in [7, 11) is -3.55. The van der Waals surface area contributed by atoms with E-state index in [1.54, 1.807) is 48.5 Å². The summed E-state index contributed by atoms with van der Waals surface area (Å²) in [5, 5.41) is 10.3. The smallest absolute Gasteiger partial charge is 0.479 e. The largest absolute Gasteiger partial charge is 0.535 e. The molecule has 0 saturated heterocycles. The Morgan fingerprint density at radius 3 is 1.73 bits per heavy atom. The molecule has 0 unspecified atom stereocenters. The van der Waals surface area contributed by atoms with Crippen LogP contribution in [0.5, 0.6) is 0 Å². The highest BCUT2D eigenvalue weighted by molar-refractivity contribution is 6.94. The Kier molecular flexibility index (Phi) is 5.08. The molecule has 0 aliphatic carbocycles. The molecule has 0 atom stereocenters. The number of benzene rings is 2. The summed E-state index contributed by atoms with van der Waals surface area (Å²) in [5.74, 6) is -1.38. The molecule has 2 aromatic rings. The zero-order valence-corrected chi connectivity index (χ0v) is 13.1. The number of hydrogen-bond donors (Lipinski definition) is 1. The zero-order chi connectivity index (χ0) is 16.0. The maximum atomic E-state index is 11.7. The van der Waals surface area contributed by atoms with Crippen LogP contribution in [0.15, 0.2) is 60.7 Å². The van der Waals surface area contributed by atoms with E-state index in [0.29, 0.717) is 10.4 Å². The number of carbonyl (C=O) groups is 2. The molecular weight excluding hydrogens is 300 g/mol. The maximum Gasteiger partial charge on any atom is 0.535 e. The Morgan fingerprint density at radius 1 is 0.909 bits per heavy atom. The van der Waals surface area contributed by atoms with Crippen molar-refractivity contribution >= 4 is 30.9 Å². The molecule has 114 valence electrons. The highest BCUT2D eigenvalue weighted by atomic mass is 28.4. The van der Waals surface area contributed by atoms with Gasteiger partial charge in [0.05, 0.1) is 0 Å². The van der Waals surface area contributed by atoms with Crippen LogP contribution >= 0.6 is 0 Å². The number of aliphatic hydroxyl groups is 1. The van der Waals surface area contributed by atoms with E-state index in [9.17, 15) is 9.59 Å². The van der Waals surface area contributed by atoms with E-state index >= 15 is 0 Å². The number of aliphatic hydroxyl groups excluding tert-OH is 1. The Labute approximate surface area is 129 Å². The van der Waals surface area contributed by atoms with E-state index < -0.39 is 27.1 Å². The van der Waals surface area contributed by atoms with E-state index in [1.165, 1.54) is 6.92 Å². The number of rotatable bonds is 5. The predicted octanol–water partition coefficient (Wildman–Crippen LogP) is 0.342. The maximum absolute atomic E-state index is 11.7. The highest BCUT2D eigenvalue weighted by Gasteiger charge is 2.49. The summed E-state index contributed by atoms with van der Waals surface area (Å²) in [6.07, 6.45) is 0. The van der Waals surface area contributed by atoms with Crippen molar-refractivity contribution in [1.29, 1.82) is 0 Å². The van der Waals surface area contributed by atoms with Crippen molar-refractivity contribution in [3.05, 3.63) is 60.7 Å². The number of hydrogen-bond acceptors (Lipinski definition) is 5. The molecule has 0 aromatic heterocycles. The summed E-state index contributed by atoms with van der Waals surface area (Å²) in [5.41, 5.74) is 0. The van der Waals surface area contributed by atoms with E-state index in [0.717, 1.165) is 0 Å². The summed E-state index contributed by atoms with van der Waals surface area (Å²) in [6, 6.07) is 17.7. The van der Waals surface area contributed by atoms with Crippen molar-refractivity contribution in [3.8, 4) is 0 Å². The second-order valence-corrected chi connectivity index (χ2v) is 7.37. The molecule has 2 aromatic carbocycles. The van der Waals surface area contributed by atoms with Crippen molar-refractivity contribution < 1.29 is 23.5 Å². The topological polar surface area (TPSA) is 72.8 Å². The third-order valence-corrected chi connectivity index (χ3v) is 6.26. The van der Waals surface area contributed by atoms with Crippen LogP contribution in [-0.4, -0.2) is 32.2 Å². The Hall–Kier alpha value is -2.44. The van der Waals surface area contributed by atoms with Crippen molar-refractivity contribution in [2.75, 3.05) is 6.61 Å². The summed E-state index contributed by atoms with van der Waals surface area (Å²) in [4.78, 5) is 23.4. The van der Waals surface area contributed by atoms with Crippen LogP contribution in [0.2, 0.25) is 0 Å². The molecule has 6 heteroatoms. The van der Waals surface area contributed by atoms with Crippen molar-refractivity contribution in [1.82, 2.24) is 0 Å². The lowest BCUT2D eigenvalue weighted by Gasteiger charge is -2.29. The van der Waals surface area contributed by atoms with Gasteiger partial charge in [0.15, 0.2) is 0 Å². The minimum absolute atomic E-state index is 0.551. The van der Waals surface area contributed by atoms with Gasteiger partial charge in [0.2, 0.25) is 0 Å². The normalized spacial score (nSPS) is 10.8. The average Bonchev–Trinajstić information content (AvgIpc) is 2.55. The van der Waals surface area contributed by atoms with Crippen LogP contribution in [0.25, 0.3) is 0 Å². The van der Waals surface area contributed by atoms with E-state index in [2.05, 4.69) is 0 Å². The molecule has 0 bridgehead atoms. The van der Waals surface area contributed by atoms with Gasteiger partial charge in [-0.2, -0.15) is 0 Å². The lowest BCUT2D eigenvalue weighted by atomic mass is 10.4. The van der Waals surface area contributed by atoms with Crippen LogP contribution in [0.3, 0.4) is 0 Å². The fourth-order valence-electron chi connectivity index (χ4n) is 2.13. The SMILES string of the molecule is CC(=O)O[Si](OC(=O)CO)(c1ccccc1)c1ccccc1. The first-order valence-electron chi connectivity index (χ1n) is 6.72. The first-order chi connectivity index (χ1) is 10.6. The summed E-state index contributed by atoms with van der Waals surface area (Å²) >= 11 is 0. The average molecular weight is 316 g/mol. The van der Waals surface area contributed by atoms with Gasteiger partial charge in [-0.05, 0) is 0 Å². The van der Waals surface area contributed by atoms with Gasteiger partial charge >= 0.3 is 14.5 Å². The minimum atomic E-state index is -3.55. The molecule has 1 N–H and O–H groups in total. The van der Waals surface area contributed by atoms with Crippen molar-refractivity contribution in [3.63, 3.8) is 0 Å². The zero-order valence-electron chi connectivity index (χ0n) is 12.1. The van der Waals surface area contributed by atoms with Crippen LogP contribution in [0.4, 0.5) is 0 Å². The summed E-state index contributed by atoms with van der Waals surface area (Å²) < 4.78 is 11.0. The lowest BCUT2D eigenvalue weighted by Crippen LogP contribution is -2.65. The molecule has 0 aliphatic rings. The van der Waals surface area contributed by atoms with Gasteiger partial charge in [-0.3, -0.25) is 9.59 Å². The van der Waals surface area contributed by atoms with Crippen LogP contribution in [0, 0.1) is 0 Å². The molecule has 0 fully saturated rings. The van der Waals surface area contributed by atoms with E-state index in [1.807, 2.05) is 12.1 Å². The second kappa shape index (κ2) is 7.01. The van der Waals surface area contributed by atoms with Crippen LogP contribution < -0.4 is 10.4 Å². The Morgan fingerprint density at radius 2 is 1.36 bits per heavy atom. The fourth-order valence-corrected chi connectivity index (χ4v) is 5.03. The van der Waals surface area contributed by atoms with Gasteiger partial charge in [-0.1, -0.05) is 60.7 Å². The predicted molar refractivity (Wildman–Crippen MR) is 82.8 cm³/mol. The van der Waals surface area contributed by atoms with E-state index in [4.69, 9.17) is 14.0 Å². The highest BCUT2D eigenvalue weighted by Crippen LogP contribution is 2.11. The van der Waals surface area contributed by atoms with Gasteiger partial charge < -0.3 is 14.0 Å².